The maximum atomic E-state index is 13.2. The van der Waals surface area contributed by atoms with Gasteiger partial charge in [-0.05, 0) is 24.7 Å². The van der Waals surface area contributed by atoms with Gasteiger partial charge in [-0.1, -0.05) is 6.92 Å². The average Bonchev–Trinajstić information content (AvgIpc) is 3.02. The average molecular weight is 275 g/mol. The predicted molar refractivity (Wildman–Crippen MR) is 74.1 cm³/mol. The van der Waals surface area contributed by atoms with Crippen molar-refractivity contribution in [2.45, 2.75) is 32.5 Å². The van der Waals surface area contributed by atoms with E-state index in [1.807, 2.05) is 17.1 Å². The topological polar surface area (TPSA) is 39.1 Å². The molecule has 20 heavy (non-hydrogen) atoms. The Morgan fingerprint density at radius 2 is 2.40 bits per heavy atom. The summed E-state index contributed by atoms with van der Waals surface area (Å²) in [5.41, 5.74) is 2.10. The number of halogens is 1. The lowest BCUT2D eigenvalue weighted by atomic mass is 10.1. The van der Waals surface area contributed by atoms with Crippen molar-refractivity contribution >= 4 is 0 Å². The maximum absolute atomic E-state index is 13.2. The van der Waals surface area contributed by atoms with E-state index in [2.05, 4.69) is 17.3 Å². The highest BCUT2D eigenvalue weighted by Gasteiger charge is 2.23. The fourth-order valence-electron chi connectivity index (χ4n) is 2.47. The van der Waals surface area contributed by atoms with Crippen LogP contribution in [-0.2, 0) is 19.5 Å². The zero-order valence-corrected chi connectivity index (χ0v) is 11.5. The molecule has 0 aliphatic carbocycles. The Morgan fingerprint density at radius 1 is 1.50 bits per heavy atom. The summed E-state index contributed by atoms with van der Waals surface area (Å²) in [5.74, 6) is 0.580. The van der Waals surface area contributed by atoms with E-state index in [0.29, 0.717) is 6.54 Å². The second kappa shape index (κ2) is 5.63. The molecule has 1 aromatic carbocycles. The first-order chi connectivity index (χ1) is 9.74. The van der Waals surface area contributed by atoms with Crippen molar-refractivity contribution in [2.24, 2.45) is 0 Å². The molecule has 0 amide bonds. The van der Waals surface area contributed by atoms with E-state index in [4.69, 9.17) is 4.74 Å². The van der Waals surface area contributed by atoms with Crippen molar-refractivity contribution in [3.63, 3.8) is 0 Å². The number of benzene rings is 1. The van der Waals surface area contributed by atoms with Crippen LogP contribution >= 0.6 is 0 Å². The summed E-state index contributed by atoms with van der Waals surface area (Å²) in [6.07, 6.45) is 4.65. The summed E-state index contributed by atoms with van der Waals surface area (Å²) in [6.45, 7) is 4.53. The summed E-state index contributed by atoms with van der Waals surface area (Å²) < 4.78 is 20.9. The highest BCUT2D eigenvalue weighted by molar-refractivity contribution is 5.37. The zero-order chi connectivity index (χ0) is 13.9. The van der Waals surface area contributed by atoms with Gasteiger partial charge in [0.2, 0.25) is 0 Å². The van der Waals surface area contributed by atoms with Crippen LogP contribution in [0.5, 0.6) is 5.75 Å². The first-order valence-electron chi connectivity index (χ1n) is 6.91. The standard InChI is InChI=1S/C15H18FN3O/c1-2-17-7-11-8-18-19(9-11)10-14-6-12-5-13(16)3-4-15(12)20-14/h3-5,8-9,14,17H,2,6-7,10H2,1H3. The molecule has 3 rings (SSSR count). The molecule has 0 radical (unpaired) electrons. The Balaban J connectivity index is 1.61. The number of nitrogens with zero attached hydrogens (tertiary/aromatic N) is 2. The van der Waals surface area contributed by atoms with Gasteiger partial charge in [-0.2, -0.15) is 5.10 Å². The molecule has 1 aliphatic heterocycles. The van der Waals surface area contributed by atoms with Crippen LogP contribution in [0.3, 0.4) is 0 Å². The molecule has 0 bridgehead atoms. The van der Waals surface area contributed by atoms with E-state index in [0.717, 1.165) is 36.4 Å². The summed E-state index contributed by atoms with van der Waals surface area (Å²) in [6, 6.07) is 4.68. The number of ether oxygens (including phenoxy) is 1. The zero-order valence-electron chi connectivity index (χ0n) is 11.5. The number of fused-ring (bicyclic) bond motifs is 1. The van der Waals surface area contributed by atoms with Crippen LogP contribution in [0.4, 0.5) is 4.39 Å². The van der Waals surface area contributed by atoms with E-state index >= 15 is 0 Å². The van der Waals surface area contributed by atoms with E-state index in [9.17, 15) is 4.39 Å². The van der Waals surface area contributed by atoms with Crippen molar-refractivity contribution in [1.82, 2.24) is 15.1 Å². The molecule has 2 heterocycles. The molecular formula is C15H18FN3O. The van der Waals surface area contributed by atoms with Crippen molar-refractivity contribution < 1.29 is 9.13 Å². The molecule has 106 valence electrons. The third-order valence-electron chi connectivity index (χ3n) is 3.42. The van der Waals surface area contributed by atoms with Crippen LogP contribution in [0.25, 0.3) is 0 Å². The maximum Gasteiger partial charge on any atom is 0.123 e. The summed E-state index contributed by atoms with van der Waals surface area (Å²) in [4.78, 5) is 0. The van der Waals surface area contributed by atoms with Crippen LogP contribution in [0.15, 0.2) is 30.6 Å². The molecule has 1 unspecified atom stereocenters. The number of aromatic nitrogens is 2. The van der Waals surface area contributed by atoms with Crippen molar-refractivity contribution in [3.8, 4) is 5.75 Å². The SMILES string of the molecule is CCNCc1cnn(CC2Cc3cc(F)ccc3O2)c1. The Morgan fingerprint density at radius 3 is 3.25 bits per heavy atom. The Bertz CT molecular complexity index is 597. The van der Waals surface area contributed by atoms with Gasteiger partial charge >= 0.3 is 0 Å². The van der Waals surface area contributed by atoms with Gasteiger partial charge in [0, 0.05) is 30.3 Å². The van der Waals surface area contributed by atoms with E-state index in [1.165, 1.54) is 6.07 Å². The van der Waals surface area contributed by atoms with E-state index in [1.54, 1.807) is 12.1 Å². The Labute approximate surface area is 117 Å². The number of hydrogen-bond donors (Lipinski definition) is 1. The quantitative estimate of drug-likeness (QED) is 0.908. The lowest BCUT2D eigenvalue weighted by molar-refractivity contribution is 0.203. The van der Waals surface area contributed by atoms with Gasteiger partial charge in [-0.15, -0.1) is 0 Å². The van der Waals surface area contributed by atoms with Gasteiger partial charge in [0.05, 0.1) is 12.7 Å². The first-order valence-corrected chi connectivity index (χ1v) is 6.91. The molecule has 1 atom stereocenters. The van der Waals surface area contributed by atoms with Crippen LogP contribution < -0.4 is 10.1 Å². The Kier molecular flexibility index (Phi) is 3.69. The van der Waals surface area contributed by atoms with Crippen LogP contribution in [0.1, 0.15) is 18.1 Å². The van der Waals surface area contributed by atoms with Gasteiger partial charge in [-0.25, -0.2) is 4.39 Å². The molecule has 0 fully saturated rings. The molecule has 0 saturated carbocycles. The van der Waals surface area contributed by atoms with Crippen LogP contribution in [0, 0.1) is 5.82 Å². The third kappa shape index (κ3) is 2.82. The van der Waals surface area contributed by atoms with Gasteiger partial charge in [-0.3, -0.25) is 4.68 Å². The van der Waals surface area contributed by atoms with Crippen molar-refractivity contribution in [3.05, 3.63) is 47.5 Å². The van der Waals surface area contributed by atoms with Gasteiger partial charge in [0.25, 0.3) is 0 Å². The smallest absolute Gasteiger partial charge is 0.123 e. The molecule has 2 aromatic rings. The largest absolute Gasteiger partial charge is 0.488 e. The molecule has 1 aliphatic rings. The lowest BCUT2D eigenvalue weighted by Crippen LogP contribution is -2.21. The fraction of sp³-hybridized carbons (Fsp3) is 0.400. The monoisotopic (exact) mass is 275 g/mol. The third-order valence-corrected chi connectivity index (χ3v) is 3.42. The molecule has 1 aromatic heterocycles. The summed E-state index contributed by atoms with van der Waals surface area (Å²) in [7, 11) is 0. The number of rotatable bonds is 5. The van der Waals surface area contributed by atoms with Gasteiger partial charge in [0.15, 0.2) is 0 Å². The first kappa shape index (κ1) is 13.1. The molecular weight excluding hydrogens is 257 g/mol. The fourth-order valence-corrected chi connectivity index (χ4v) is 2.47. The molecule has 5 heteroatoms. The highest BCUT2D eigenvalue weighted by Crippen LogP contribution is 2.29. The Hall–Kier alpha value is -1.88. The highest BCUT2D eigenvalue weighted by atomic mass is 19.1. The lowest BCUT2D eigenvalue weighted by Gasteiger charge is -2.10. The minimum absolute atomic E-state index is 0.0266. The van der Waals surface area contributed by atoms with Crippen molar-refractivity contribution in [1.29, 1.82) is 0 Å². The second-order valence-electron chi connectivity index (χ2n) is 5.05. The molecule has 0 saturated heterocycles. The van der Waals surface area contributed by atoms with Crippen LogP contribution in [0.2, 0.25) is 0 Å². The molecule has 0 spiro atoms. The van der Waals surface area contributed by atoms with E-state index in [-0.39, 0.29) is 11.9 Å². The molecule has 4 nitrogen and oxygen atoms in total. The summed E-state index contributed by atoms with van der Waals surface area (Å²) in [5, 5.41) is 7.60. The number of nitrogens with one attached hydrogen (secondary N) is 1. The molecule has 1 N–H and O–H groups in total. The predicted octanol–water partition coefficient (Wildman–Crippen LogP) is 2.14. The minimum atomic E-state index is -0.208. The van der Waals surface area contributed by atoms with Crippen LogP contribution in [-0.4, -0.2) is 22.4 Å². The van der Waals surface area contributed by atoms with Gasteiger partial charge in [0.1, 0.15) is 17.7 Å². The number of hydrogen-bond acceptors (Lipinski definition) is 3. The van der Waals surface area contributed by atoms with Crippen molar-refractivity contribution in [2.75, 3.05) is 6.54 Å². The minimum Gasteiger partial charge on any atom is -0.488 e. The second-order valence-corrected chi connectivity index (χ2v) is 5.05. The van der Waals surface area contributed by atoms with E-state index < -0.39 is 0 Å². The van der Waals surface area contributed by atoms with Gasteiger partial charge < -0.3 is 10.1 Å². The normalized spacial score (nSPS) is 17.0. The summed E-state index contributed by atoms with van der Waals surface area (Å²) >= 11 is 0.